The van der Waals surface area contributed by atoms with Crippen molar-refractivity contribution in [1.82, 2.24) is 15.3 Å². The van der Waals surface area contributed by atoms with Crippen molar-refractivity contribution < 1.29 is 18.0 Å². The van der Waals surface area contributed by atoms with Crippen molar-refractivity contribution in [1.29, 1.82) is 0 Å². The predicted molar refractivity (Wildman–Crippen MR) is 90.7 cm³/mol. The zero-order chi connectivity index (χ0) is 18.4. The molecule has 0 aliphatic rings. The largest absolute Gasteiger partial charge is 0.433 e. The van der Waals surface area contributed by atoms with Crippen molar-refractivity contribution in [3.63, 3.8) is 0 Å². The summed E-state index contributed by atoms with van der Waals surface area (Å²) in [5.41, 5.74) is -0.120. The molecule has 0 spiro atoms. The lowest BCUT2D eigenvalue weighted by atomic mass is 10.3. The molecule has 9 heteroatoms. The highest BCUT2D eigenvalue weighted by Gasteiger charge is 2.33. The van der Waals surface area contributed by atoms with Crippen LogP contribution in [0.2, 0.25) is 0 Å². The van der Waals surface area contributed by atoms with E-state index in [2.05, 4.69) is 20.6 Å². The Morgan fingerprint density at radius 2 is 1.88 bits per heavy atom. The van der Waals surface area contributed by atoms with E-state index in [1.165, 1.54) is 6.92 Å². The molecule has 0 aliphatic carbocycles. The summed E-state index contributed by atoms with van der Waals surface area (Å²) in [6.45, 7) is 1.59. The standard InChI is InChI=1S/C16H17F3N4OS/c1-10-9-13(16(17,18)19)23-14(21-10)7-8-20-15(24)22-11-3-5-12(25-2)6-4-11/h3-6,9H,7-8H2,1-2H3,(H2,20,22,24). The molecule has 134 valence electrons. The van der Waals surface area contributed by atoms with Crippen LogP contribution in [0.25, 0.3) is 0 Å². The maximum absolute atomic E-state index is 12.7. The molecule has 0 atom stereocenters. The highest BCUT2D eigenvalue weighted by molar-refractivity contribution is 7.98. The molecule has 1 heterocycles. The highest BCUT2D eigenvalue weighted by atomic mass is 32.2. The van der Waals surface area contributed by atoms with Gasteiger partial charge in [0, 0.05) is 29.2 Å². The van der Waals surface area contributed by atoms with Gasteiger partial charge in [-0.1, -0.05) is 0 Å². The molecule has 0 saturated heterocycles. The van der Waals surface area contributed by atoms with E-state index in [0.717, 1.165) is 11.0 Å². The van der Waals surface area contributed by atoms with Gasteiger partial charge in [-0.15, -0.1) is 11.8 Å². The third kappa shape index (κ3) is 5.93. The van der Waals surface area contributed by atoms with Crippen molar-refractivity contribution in [2.75, 3.05) is 18.1 Å². The zero-order valence-corrected chi connectivity index (χ0v) is 14.5. The minimum atomic E-state index is -4.52. The molecular weight excluding hydrogens is 353 g/mol. The van der Waals surface area contributed by atoms with Gasteiger partial charge in [0.05, 0.1) is 0 Å². The highest BCUT2D eigenvalue weighted by Crippen LogP contribution is 2.27. The molecule has 2 aromatic rings. The second-order valence-electron chi connectivity index (χ2n) is 5.17. The van der Waals surface area contributed by atoms with Crippen molar-refractivity contribution in [2.45, 2.75) is 24.4 Å². The molecule has 1 aromatic carbocycles. The number of thioether (sulfide) groups is 1. The summed E-state index contributed by atoms with van der Waals surface area (Å²) >= 11 is 1.59. The van der Waals surface area contributed by atoms with Gasteiger partial charge in [-0.3, -0.25) is 0 Å². The summed E-state index contributed by atoms with van der Waals surface area (Å²) in [6.07, 6.45) is -2.47. The van der Waals surface area contributed by atoms with Crippen LogP contribution in [0.4, 0.5) is 23.7 Å². The van der Waals surface area contributed by atoms with Gasteiger partial charge in [0.2, 0.25) is 0 Å². The lowest BCUT2D eigenvalue weighted by Crippen LogP contribution is -2.30. The molecule has 5 nitrogen and oxygen atoms in total. The van der Waals surface area contributed by atoms with E-state index in [0.29, 0.717) is 5.69 Å². The maximum atomic E-state index is 12.7. The first-order chi connectivity index (χ1) is 11.8. The second-order valence-corrected chi connectivity index (χ2v) is 6.05. The molecule has 0 bridgehead atoms. The smallest absolute Gasteiger partial charge is 0.337 e. The van der Waals surface area contributed by atoms with Gasteiger partial charge in [-0.25, -0.2) is 14.8 Å². The normalized spacial score (nSPS) is 11.2. The molecule has 0 radical (unpaired) electrons. The number of halogens is 3. The minimum Gasteiger partial charge on any atom is -0.337 e. The monoisotopic (exact) mass is 370 g/mol. The number of amides is 2. The molecule has 0 aliphatic heterocycles. The van der Waals surface area contributed by atoms with E-state index in [9.17, 15) is 18.0 Å². The van der Waals surface area contributed by atoms with Crippen LogP contribution in [0.5, 0.6) is 0 Å². The molecule has 25 heavy (non-hydrogen) atoms. The number of anilines is 1. The molecule has 0 unspecified atom stereocenters. The quantitative estimate of drug-likeness (QED) is 0.784. The third-order valence-electron chi connectivity index (χ3n) is 3.17. The number of aryl methyl sites for hydroxylation is 1. The topological polar surface area (TPSA) is 66.9 Å². The molecule has 2 rings (SSSR count). The van der Waals surface area contributed by atoms with Crippen LogP contribution in [0.15, 0.2) is 35.2 Å². The summed E-state index contributed by atoms with van der Waals surface area (Å²) in [7, 11) is 0. The Bertz CT molecular complexity index is 735. The number of nitrogens with zero attached hydrogens (tertiary/aromatic N) is 2. The Morgan fingerprint density at radius 3 is 2.48 bits per heavy atom. The van der Waals surface area contributed by atoms with E-state index >= 15 is 0 Å². The fourth-order valence-corrected chi connectivity index (χ4v) is 2.43. The Labute approximate surface area is 147 Å². The van der Waals surface area contributed by atoms with Crippen molar-refractivity contribution in [3.05, 3.63) is 47.5 Å². The Hall–Kier alpha value is -2.29. The van der Waals surface area contributed by atoms with Crippen molar-refractivity contribution >= 4 is 23.5 Å². The summed E-state index contributed by atoms with van der Waals surface area (Å²) in [4.78, 5) is 20.3. The lowest BCUT2D eigenvalue weighted by molar-refractivity contribution is -0.141. The van der Waals surface area contributed by atoms with Crippen LogP contribution < -0.4 is 10.6 Å². The number of rotatable bonds is 5. The maximum Gasteiger partial charge on any atom is 0.433 e. The third-order valence-corrected chi connectivity index (χ3v) is 3.92. The molecule has 0 saturated carbocycles. The van der Waals surface area contributed by atoms with E-state index in [1.54, 1.807) is 23.9 Å². The van der Waals surface area contributed by atoms with E-state index in [1.807, 2.05) is 18.4 Å². The Kier molecular flexibility index (Phi) is 6.24. The molecular formula is C16H17F3N4OS. The number of hydrogen-bond donors (Lipinski definition) is 2. The fourth-order valence-electron chi connectivity index (χ4n) is 2.02. The zero-order valence-electron chi connectivity index (χ0n) is 13.6. The van der Waals surface area contributed by atoms with E-state index in [-0.39, 0.29) is 24.5 Å². The molecule has 2 amide bonds. The number of carbonyl (C=O) groups excluding carboxylic acids is 1. The van der Waals surface area contributed by atoms with Gasteiger partial charge < -0.3 is 10.6 Å². The van der Waals surface area contributed by atoms with Crippen LogP contribution in [0.3, 0.4) is 0 Å². The lowest BCUT2D eigenvalue weighted by Gasteiger charge is -2.10. The summed E-state index contributed by atoms with van der Waals surface area (Å²) in [6, 6.07) is 7.73. The first-order valence-electron chi connectivity index (χ1n) is 7.38. The number of urea groups is 1. The van der Waals surface area contributed by atoms with Gasteiger partial charge in [-0.05, 0) is 43.5 Å². The molecule has 1 aromatic heterocycles. The molecule has 0 fully saturated rings. The number of benzene rings is 1. The first kappa shape index (κ1) is 19.0. The van der Waals surface area contributed by atoms with E-state index < -0.39 is 17.9 Å². The van der Waals surface area contributed by atoms with Crippen molar-refractivity contribution in [2.24, 2.45) is 0 Å². The van der Waals surface area contributed by atoms with Crippen LogP contribution in [0.1, 0.15) is 17.2 Å². The van der Waals surface area contributed by atoms with Crippen LogP contribution in [-0.4, -0.2) is 28.8 Å². The Balaban J connectivity index is 1.87. The number of hydrogen-bond acceptors (Lipinski definition) is 4. The average molecular weight is 370 g/mol. The van der Waals surface area contributed by atoms with Gasteiger partial charge >= 0.3 is 12.2 Å². The van der Waals surface area contributed by atoms with Crippen LogP contribution >= 0.6 is 11.8 Å². The summed E-state index contributed by atoms with van der Waals surface area (Å²) in [5.74, 6) is 0.0388. The summed E-state index contributed by atoms with van der Waals surface area (Å²) < 4.78 is 38.2. The van der Waals surface area contributed by atoms with Gasteiger partial charge in [0.15, 0.2) is 0 Å². The number of carbonyl (C=O) groups is 1. The predicted octanol–water partition coefficient (Wildman–Crippen LogP) is 3.89. The number of aromatic nitrogens is 2. The minimum absolute atomic E-state index is 0.0388. The van der Waals surface area contributed by atoms with Crippen LogP contribution in [0, 0.1) is 6.92 Å². The SMILES string of the molecule is CSc1ccc(NC(=O)NCCc2nc(C)cc(C(F)(F)F)n2)cc1. The fraction of sp³-hybridized carbons (Fsp3) is 0.312. The number of nitrogens with one attached hydrogen (secondary N) is 2. The molecule has 2 N–H and O–H groups in total. The summed E-state index contributed by atoms with van der Waals surface area (Å²) in [5, 5.41) is 5.22. The van der Waals surface area contributed by atoms with Crippen molar-refractivity contribution in [3.8, 4) is 0 Å². The van der Waals surface area contributed by atoms with Crippen LogP contribution in [-0.2, 0) is 12.6 Å². The van der Waals surface area contributed by atoms with Gasteiger partial charge in [-0.2, -0.15) is 13.2 Å². The number of alkyl halides is 3. The van der Waals surface area contributed by atoms with E-state index in [4.69, 9.17) is 0 Å². The first-order valence-corrected chi connectivity index (χ1v) is 8.61. The van der Waals surface area contributed by atoms with Gasteiger partial charge in [0.1, 0.15) is 11.5 Å². The van der Waals surface area contributed by atoms with Gasteiger partial charge in [0.25, 0.3) is 0 Å². The second kappa shape index (κ2) is 8.19. The Morgan fingerprint density at radius 1 is 1.20 bits per heavy atom. The average Bonchev–Trinajstić information content (AvgIpc) is 2.54.